The Morgan fingerprint density at radius 3 is 2.23 bits per heavy atom. The predicted molar refractivity (Wildman–Crippen MR) is 51.9 cm³/mol. The third kappa shape index (κ3) is 1.74. The van der Waals surface area contributed by atoms with Crippen molar-refractivity contribution in [3.8, 4) is 0 Å². The van der Waals surface area contributed by atoms with Crippen molar-refractivity contribution in [1.29, 1.82) is 0 Å². The molecule has 0 N–H and O–H groups in total. The monoisotopic (exact) mass is 177 g/mol. The van der Waals surface area contributed by atoms with Crippen LogP contribution in [0.3, 0.4) is 0 Å². The molecule has 1 fully saturated rings. The fourth-order valence-electron chi connectivity index (χ4n) is 1.40. The van der Waals surface area contributed by atoms with Crippen molar-refractivity contribution in [1.82, 2.24) is 5.06 Å². The number of hydrogen-bond acceptors (Lipinski definition) is 2. The minimum absolute atomic E-state index is 0.0977. The summed E-state index contributed by atoms with van der Waals surface area (Å²) in [5.74, 6) is 0. The van der Waals surface area contributed by atoms with Gasteiger partial charge in [-0.25, -0.2) is 0 Å². The van der Waals surface area contributed by atoms with Gasteiger partial charge in [0.15, 0.2) is 6.23 Å². The highest BCUT2D eigenvalue weighted by atomic mass is 16.8. The van der Waals surface area contributed by atoms with Crippen LogP contribution in [0, 0.1) is 0 Å². The van der Waals surface area contributed by atoms with Gasteiger partial charge in [-0.1, -0.05) is 30.3 Å². The summed E-state index contributed by atoms with van der Waals surface area (Å²) in [6.07, 6.45) is 0.168. The highest BCUT2D eigenvalue weighted by molar-refractivity contribution is 5.19. The molecule has 0 aromatic heterocycles. The predicted octanol–water partition coefficient (Wildman–Crippen LogP) is 2.73. The van der Waals surface area contributed by atoms with Crippen molar-refractivity contribution in [2.45, 2.75) is 32.5 Å². The highest BCUT2D eigenvalue weighted by Crippen LogP contribution is 2.42. The van der Waals surface area contributed by atoms with E-state index in [1.165, 1.54) is 5.56 Å². The molecule has 1 unspecified atom stereocenters. The van der Waals surface area contributed by atoms with E-state index in [2.05, 4.69) is 32.9 Å². The van der Waals surface area contributed by atoms with E-state index in [9.17, 15) is 0 Å². The van der Waals surface area contributed by atoms with E-state index in [-0.39, 0.29) is 11.8 Å². The van der Waals surface area contributed by atoms with Crippen LogP contribution < -0.4 is 0 Å². The zero-order chi connectivity index (χ0) is 9.47. The van der Waals surface area contributed by atoms with Crippen molar-refractivity contribution < 1.29 is 4.84 Å². The van der Waals surface area contributed by atoms with Gasteiger partial charge in [0.2, 0.25) is 0 Å². The van der Waals surface area contributed by atoms with E-state index < -0.39 is 0 Å². The van der Waals surface area contributed by atoms with Gasteiger partial charge in [0.1, 0.15) is 0 Å². The van der Waals surface area contributed by atoms with Crippen LogP contribution in [-0.4, -0.2) is 10.6 Å². The van der Waals surface area contributed by atoms with E-state index >= 15 is 0 Å². The van der Waals surface area contributed by atoms with Crippen LogP contribution in [0.15, 0.2) is 30.3 Å². The molecule has 1 heterocycles. The number of benzene rings is 1. The van der Waals surface area contributed by atoms with E-state index in [0.29, 0.717) is 0 Å². The number of nitrogens with zero attached hydrogens (tertiary/aromatic N) is 1. The Bertz CT molecular complexity index is 289. The zero-order valence-corrected chi connectivity index (χ0v) is 8.32. The van der Waals surface area contributed by atoms with Gasteiger partial charge in [-0.2, -0.15) is 0 Å². The Balaban J connectivity index is 2.09. The van der Waals surface area contributed by atoms with E-state index in [0.717, 1.165) is 0 Å². The highest BCUT2D eigenvalue weighted by Gasteiger charge is 2.45. The maximum atomic E-state index is 5.50. The van der Waals surface area contributed by atoms with Crippen LogP contribution in [-0.2, 0) is 4.84 Å². The first-order chi connectivity index (χ1) is 6.09. The van der Waals surface area contributed by atoms with Crippen molar-refractivity contribution in [3.05, 3.63) is 35.9 Å². The summed E-state index contributed by atoms with van der Waals surface area (Å²) in [5, 5.41) is 2.02. The Labute approximate surface area is 79.1 Å². The molecule has 0 radical (unpaired) electrons. The molecule has 0 spiro atoms. The second kappa shape index (κ2) is 2.82. The molecule has 1 aliphatic heterocycles. The van der Waals surface area contributed by atoms with E-state index in [4.69, 9.17) is 4.84 Å². The van der Waals surface area contributed by atoms with Crippen LogP contribution in [0.4, 0.5) is 0 Å². The van der Waals surface area contributed by atoms with Crippen molar-refractivity contribution in [2.75, 3.05) is 0 Å². The van der Waals surface area contributed by atoms with Crippen LogP contribution in [0.5, 0.6) is 0 Å². The standard InChI is InChI=1S/C11H15NO/c1-11(2,3)12-10(13-12)9-7-5-4-6-8-9/h4-8,10H,1-3H3/t10-,12?/m1/s1. The first kappa shape index (κ1) is 8.73. The van der Waals surface area contributed by atoms with Gasteiger partial charge in [-0.05, 0) is 26.3 Å². The summed E-state index contributed by atoms with van der Waals surface area (Å²) < 4.78 is 0. The molecular formula is C11H15NO. The van der Waals surface area contributed by atoms with Crippen molar-refractivity contribution in [3.63, 3.8) is 0 Å². The Kier molecular flexibility index (Phi) is 1.90. The second-order valence-electron chi connectivity index (χ2n) is 4.37. The van der Waals surface area contributed by atoms with E-state index in [1.807, 2.05) is 23.3 Å². The molecule has 0 aliphatic carbocycles. The SMILES string of the molecule is CC(C)(C)N1O[C@@H]1c1ccccc1. The number of hydroxylamine groups is 2. The molecule has 1 aromatic carbocycles. The maximum absolute atomic E-state index is 5.50. The largest absolute Gasteiger partial charge is 0.269 e. The first-order valence-corrected chi connectivity index (χ1v) is 4.60. The fourth-order valence-corrected chi connectivity index (χ4v) is 1.40. The molecule has 70 valence electrons. The van der Waals surface area contributed by atoms with Crippen LogP contribution in [0.2, 0.25) is 0 Å². The number of rotatable bonds is 1. The maximum Gasteiger partial charge on any atom is 0.180 e. The smallest absolute Gasteiger partial charge is 0.180 e. The minimum atomic E-state index is 0.0977. The second-order valence-corrected chi connectivity index (χ2v) is 4.37. The average Bonchev–Trinajstić information content (AvgIpc) is 2.83. The molecule has 2 atom stereocenters. The first-order valence-electron chi connectivity index (χ1n) is 4.60. The van der Waals surface area contributed by atoms with Gasteiger partial charge in [0.25, 0.3) is 0 Å². The summed E-state index contributed by atoms with van der Waals surface area (Å²) in [4.78, 5) is 5.50. The van der Waals surface area contributed by atoms with Gasteiger partial charge < -0.3 is 0 Å². The van der Waals surface area contributed by atoms with Crippen LogP contribution in [0.1, 0.15) is 32.6 Å². The molecule has 1 aromatic rings. The van der Waals surface area contributed by atoms with E-state index in [1.54, 1.807) is 0 Å². The van der Waals surface area contributed by atoms with Gasteiger partial charge in [-0.15, -0.1) is 5.06 Å². The van der Waals surface area contributed by atoms with Crippen LogP contribution in [0.25, 0.3) is 0 Å². The molecule has 2 heteroatoms. The van der Waals surface area contributed by atoms with Gasteiger partial charge in [-0.3, -0.25) is 4.84 Å². The number of hydrogen-bond donors (Lipinski definition) is 0. The molecule has 1 aliphatic rings. The lowest BCUT2D eigenvalue weighted by molar-refractivity contribution is 0.101. The quantitative estimate of drug-likeness (QED) is 0.613. The molecular weight excluding hydrogens is 162 g/mol. The summed E-state index contributed by atoms with van der Waals surface area (Å²) in [6, 6.07) is 10.3. The third-order valence-corrected chi connectivity index (χ3v) is 2.13. The van der Waals surface area contributed by atoms with Crippen molar-refractivity contribution >= 4 is 0 Å². The minimum Gasteiger partial charge on any atom is -0.269 e. The lowest BCUT2D eigenvalue weighted by Crippen LogP contribution is -2.25. The topological polar surface area (TPSA) is 15.5 Å². The Morgan fingerprint density at radius 2 is 1.77 bits per heavy atom. The van der Waals surface area contributed by atoms with Gasteiger partial charge >= 0.3 is 0 Å². The fraction of sp³-hybridized carbons (Fsp3) is 0.455. The molecule has 2 rings (SSSR count). The Morgan fingerprint density at radius 1 is 1.15 bits per heavy atom. The van der Waals surface area contributed by atoms with Gasteiger partial charge in [0, 0.05) is 5.54 Å². The Hall–Kier alpha value is -0.860. The molecule has 13 heavy (non-hydrogen) atoms. The van der Waals surface area contributed by atoms with Crippen LogP contribution >= 0.6 is 0 Å². The molecule has 0 bridgehead atoms. The summed E-state index contributed by atoms with van der Waals surface area (Å²) in [6.45, 7) is 6.45. The van der Waals surface area contributed by atoms with Gasteiger partial charge in [0.05, 0.1) is 0 Å². The molecule has 2 nitrogen and oxygen atoms in total. The summed E-state index contributed by atoms with van der Waals surface area (Å²) in [5.41, 5.74) is 1.33. The molecule has 0 saturated carbocycles. The zero-order valence-electron chi connectivity index (χ0n) is 8.32. The summed E-state index contributed by atoms with van der Waals surface area (Å²) >= 11 is 0. The van der Waals surface area contributed by atoms with Crippen molar-refractivity contribution in [2.24, 2.45) is 0 Å². The normalized spacial score (nSPS) is 27.3. The third-order valence-electron chi connectivity index (χ3n) is 2.13. The molecule has 0 amide bonds. The molecule has 1 saturated heterocycles. The summed E-state index contributed by atoms with van der Waals surface area (Å²) in [7, 11) is 0. The average molecular weight is 177 g/mol. The lowest BCUT2D eigenvalue weighted by atomic mass is 10.1. The lowest BCUT2D eigenvalue weighted by Gasteiger charge is -2.16.